The predicted octanol–water partition coefficient (Wildman–Crippen LogP) is 2.98. The highest BCUT2D eigenvalue weighted by Crippen LogP contribution is 2.23. The fourth-order valence-electron chi connectivity index (χ4n) is 1.78. The summed E-state index contributed by atoms with van der Waals surface area (Å²) in [5, 5.41) is 12.9. The van der Waals surface area contributed by atoms with Gasteiger partial charge in [0.15, 0.2) is 0 Å². The number of carbonyl (C=O) groups excluding carboxylic acids is 1. The number of halogens is 1. The zero-order chi connectivity index (χ0) is 14.5. The van der Waals surface area contributed by atoms with Gasteiger partial charge in [0.1, 0.15) is 11.5 Å². The van der Waals surface area contributed by atoms with E-state index in [2.05, 4.69) is 5.32 Å². The smallest absolute Gasteiger partial charge is 0.255 e. The Hall–Kier alpha value is -2.20. The maximum absolute atomic E-state index is 12.1. The maximum Gasteiger partial charge on any atom is 0.255 e. The highest BCUT2D eigenvalue weighted by atomic mass is 35.5. The van der Waals surface area contributed by atoms with Crippen LogP contribution in [0.25, 0.3) is 0 Å². The van der Waals surface area contributed by atoms with E-state index in [1.165, 1.54) is 7.11 Å². The van der Waals surface area contributed by atoms with E-state index in [4.69, 9.17) is 16.3 Å². The molecule has 104 valence electrons. The lowest BCUT2D eigenvalue weighted by molar-refractivity contribution is 0.0947. The summed E-state index contributed by atoms with van der Waals surface area (Å²) in [7, 11) is 1.48. The van der Waals surface area contributed by atoms with Gasteiger partial charge in [-0.2, -0.15) is 0 Å². The van der Waals surface area contributed by atoms with Crippen molar-refractivity contribution >= 4 is 17.5 Å². The first kappa shape index (κ1) is 14.2. The number of methoxy groups -OCH3 is 1. The van der Waals surface area contributed by atoms with E-state index in [9.17, 15) is 9.90 Å². The molecule has 0 unspecified atom stereocenters. The van der Waals surface area contributed by atoms with Crippen molar-refractivity contribution in [2.45, 2.75) is 6.54 Å². The molecule has 0 fully saturated rings. The second kappa shape index (κ2) is 6.30. The minimum Gasteiger partial charge on any atom is -0.508 e. The molecule has 0 heterocycles. The molecule has 0 aliphatic heterocycles. The molecule has 2 rings (SSSR count). The largest absolute Gasteiger partial charge is 0.508 e. The van der Waals surface area contributed by atoms with Crippen LogP contribution in [0.5, 0.6) is 11.5 Å². The van der Waals surface area contributed by atoms with E-state index in [1.807, 2.05) is 0 Å². The fraction of sp³-hybridized carbons (Fsp3) is 0.133. The zero-order valence-corrected chi connectivity index (χ0v) is 11.6. The van der Waals surface area contributed by atoms with Crippen LogP contribution in [-0.2, 0) is 6.54 Å². The van der Waals surface area contributed by atoms with Gasteiger partial charge < -0.3 is 15.2 Å². The summed E-state index contributed by atoms with van der Waals surface area (Å²) in [6, 6.07) is 11.6. The average Bonchev–Trinajstić information content (AvgIpc) is 2.46. The molecule has 0 aromatic heterocycles. The first-order valence-corrected chi connectivity index (χ1v) is 6.38. The molecular formula is C15H14ClNO3. The molecule has 2 aromatic carbocycles. The molecule has 4 nitrogen and oxygen atoms in total. The second-order valence-electron chi connectivity index (χ2n) is 4.16. The first-order valence-electron chi connectivity index (χ1n) is 6.00. The van der Waals surface area contributed by atoms with Crippen LogP contribution in [0, 0.1) is 0 Å². The van der Waals surface area contributed by atoms with Crippen molar-refractivity contribution in [3.8, 4) is 11.5 Å². The number of amides is 1. The molecule has 0 aliphatic carbocycles. The molecule has 5 heteroatoms. The van der Waals surface area contributed by atoms with Gasteiger partial charge in [0, 0.05) is 17.1 Å². The molecular weight excluding hydrogens is 278 g/mol. The van der Waals surface area contributed by atoms with Crippen LogP contribution in [0.2, 0.25) is 5.02 Å². The lowest BCUT2D eigenvalue weighted by atomic mass is 10.1. The standard InChI is InChI=1S/C15H14ClNO3/c1-20-14-8-11(16)6-7-12(14)15(19)17-9-10-4-2-3-5-13(10)18/h2-8,18H,9H2,1H3,(H,17,19). The van der Waals surface area contributed by atoms with Gasteiger partial charge in [-0.05, 0) is 24.3 Å². The number of nitrogens with one attached hydrogen (secondary N) is 1. The van der Waals surface area contributed by atoms with Crippen molar-refractivity contribution in [1.29, 1.82) is 0 Å². The Morgan fingerprint density at radius 3 is 2.75 bits per heavy atom. The summed E-state index contributed by atoms with van der Waals surface area (Å²) in [6.07, 6.45) is 0. The summed E-state index contributed by atoms with van der Waals surface area (Å²) in [5.41, 5.74) is 1.04. The van der Waals surface area contributed by atoms with Gasteiger partial charge in [-0.1, -0.05) is 29.8 Å². The third-order valence-corrected chi connectivity index (χ3v) is 3.07. The minimum atomic E-state index is -0.290. The lowest BCUT2D eigenvalue weighted by Gasteiger charge is -2.10. The molecule has 0 saturated carbocycles. The van der Waals surface area contributed by atoms with Crippen molar-refractivity contribution in [2.24, 2.45) is 0 Å². The highest BCUT2D eigenvalue weighted by Gasteiger charge is 2.12. The molecule has 0 radical (unpaired) electrons. The topological polar surface area (TPSA) is 58.6 Å². The summed E-state index contributed by atoms with van der Waals surface area (Å²) in [4.78, 5) is 12.1. The Labute approximate surface area is 122 Å². The third-order valence-electron chi connectivity index (χ3n) is 2.84. The van der Waals surface area contributed by atoms with Gasteiger partial charge in [0.05, 0.1) is 12.7 Å². The number of hydrogen-bond donors (Lipinski definition) is 2. The maximum atomic E-state index is 12.1. The number of rotatable bonds is 4. The van der Waals surface area contributed by atoms with Crippen LogP contribution in [0.1, 0.15) is 15.9 Å². The first-order chi connectivity index (χ1) is 9.61. The molecule has 20 heavy (non-hydrogen) atoms. The van der Waals surface area contributed by atoms with Crippen LogP contribution in [0.3, 0.4) is 0 Å². The molecule has 0 bridgehead atoms. The van der Waals surface area contributed by atoms with Crippen LogP contribution in [0.15, 0.2) is 42.5 Å². The normalized spacial score (nSPS) is 10.1. The molecule has 2 N–H and O–H groups in total. The number of benzene rings is 2. The van der Waals surface area contributed by atoms with Crippen molar-refractivity contribution < 1.29 is 14.6 Å². The van der Waals surface area contributed by atoms with E-state index >= 15 is 0 Å². The Balaban J connectivity index is 2.11. The quantitative estimate of drug-likeness (QED) is 0.910. The van der Waals surface area contributed by atoms with Crippen molar-refractivity contribution in [2.75, 3.05) is 7.11 Å². The van der Waals surface area contributed by atoms with Crippen LogP contribution >= 0.6 is 11.6 Å². The van der Waals surface area contributed by atoms with E-state index in [-0.39, 0.29) is 18.2 Å². The molecule has 0 aliphatic rings. The van der Waals surface area contributed by atoms with Crippen LogP contribution in [0.4, 0.5) is 0 Å². The molecule has 2 aromatic rings. The predicted molar refractivity (Wildman–Crippen MR) is 77.3 cm³/mol. The molecule has 0 saturated heterocycles. The van der Waals surface area contributed by atoms with E-state index in [1.54, 1.807) is 42.5 Å². The van der Waals surface area contributed by atoms with Crippen molar-refractivity contribution in [3.05, 3.63) is 58.6 Å². The minimum absolute atomic E-state index is 0.149. The second-order valence-corrected chi connectivity index (χ2v) is 4.59. The van der Waals surface area contributed by atoms with Gasteiger partial charge in [-0.3, -0.25) is 4.79 Å². The highest BCUT2D eigenvalue weighted by molar-refractivity contribution is 6.30. The van der Waals surface area contributed by atoms with Gasteiger partial charge in [0.2, 0.25) is 0 Å². The van der Waals surface area contributed by atoms with E-state index in [0.717, 1.165) is 0 Å². The van der Waals surface area contributed by atoms with Gasteiger partial charge in [-0.15, -0.1) is 0 Å². The fourth-order valence-corrected chi connectivity index (χ4v) is 1.95. The Bertz CT molecular complexity index is 628. The molecule has 0 spiro atoms. The number of ether oxygens (including phenoxy) is 1. The Morgan fingerprint density at radius 1 is 1.30 bits per heavy atom. The summed E-state index contributed by atoms with van der Waals surface area (Å²) in [5.74, 6) is 0.268. The Kier molecular flexibility index (Phi) is 4.48. The van der Waals surface area contributed by atoms with Crippen molar-refractivity contribution in [3.63, 3.8) is 0 Å². The molecule has 0 atom stereocenters. The van der Waals surface area contributed by atoms with E-state index in [0.29, 0.717) is 21.9 Å². The Morgan fingerprint density at radius 2 is 2.05 bits per heavy atom. The van der Waals surface area contributed by atoms with Crippen LogP contribution < -0.4 is 10.1 Å². The van der Waals surface area contributed by atoms with Crippen LogP contribution in [-0.4, -0.2) is 18.1 Å². The summed E-state index contributed by atoms with van der Waals surface area (Å²) < 4.78 is 5.13. The number of para-hydroxylation sites is 1. The number of aromatic hydroxyl groups is 1. The number of phenols is 1. The average molecular weight is 292 g/mol. The monoisotopic (exact) mass is 291 g/mol. The van der Waals surface area contributed by atoms with E-state index < -0.39 is 0 Å². The molecule has 1 amide bonds. The lowest BCUT2D eigenvalue weighted by Crippen LogP contribution is -2.23. The van der Waals surface area contributed by atoms with Gasteiger partial charge in [0.25, 0.3) is 5.91 Å². The van der Waals surface area contributed by atoms with Gasteiger partial charge >= 0.3 is 0 Å². The zero-order valence-electron chi connectivity index (χ0n) is 10.9. The number of phenolic OH excluding ortho intramolecular Hbond substituents is 1. The number of hydrogen-bond acceptors (Lipinski definition) is 3. The van der Waals surface area contributed by atoms with Crippen molar-refractivity contribution in [1.82, 2.24) is 5.32 Å². The summed E-state index contributed by atoms with van der Waals surface area (Å²) in [6.45, 7) is 0.233. The third kappa shape index (κ3) is 3.22. The summed E-state index contributed by atoms with van der Waals surface area (Å²) >= 11 is 5.85. The van der Waals surface area contributed by atoms with Gasteiger partial charge in [-0.25, -0.2) is 0 Å². The number of carbonyl (C=O) groups is 1. The SMILES string of the molecule is COc1cc(Cl)ccc1C(=O)NCc1ccccc1O.